The fraction of sp³-hybridized carbons (Fsp3) is 0.900. The van der Waals surface area contributed by atoms with Crippen molar-refractivity contribution in [1.82, 2.24) is 4.31 Å². The zero-order valence-corrected chi connectivity index (χ0v) is 12.3. The maximum atomic E-state index is 12.0. The molecular formula is C10H22N2O3S2. The van der Waals surface area contributed by atoms with Crippen LogP contribution in [0.2, 0.25) is 0 Å². The molecule has 0 aliphatic heterocycles. The van der Waals surface area contributed by atoms with E-state index in [-0.39, 0.29) is 11.7 Å². The molecule has 0 amide bonds. The van der Waals surface area contributed by atoms with Crippen molar-refractivity contribution >= 4 is 27.2 Å². The van der Waals surface area contributed by atoms with Crippen LogP contribution in [0, 0.1) is 5.92 Å². The third-order valence-electron chi connectivity index (χ3n) is 2.09. The molecule has 7 heteroatoms. The summed E-state index contributed by atoms with van der Waals surface area (Å²) in [7, 11) is -1.71. The second-order valence-corrected chi connectivity index (χ2v) is 6.82. The molecule has 2 N–H and O–H groups in total. The van der Waals surface area contributed by atoms with Crippen LogP contribution in [0.1, 0.15) is 20.3 Å². The Morgan fingerprint density at radius 3 is 2.41 bits per heavy atom. The highest BCUT2D eigenvalue weighted by Crippen LogP contribution is 2.08. The van der Waals surface area contributed by atoms with E-state index in [0.717, 1.165) is 0 Å². The number of rotatable bonds is 9. The third-order valence-corrected chi connectivity index (χ3v) is 4.53. The maximum absolute atomic E-state index is 12.0. The number of hydrogen-bond acceptors (Lipinski definition) is 4. The zero-order valence-electron chi connectivity index (χ0n) is 10.7. The highest BCUT2D eigenvalue weighted by molar-refractivity contribution is 7.89. The smallest absolute Gasteiger partial charge is 0.214 e. The van der Waals surface area contributed by atoms with Gasteiger partial charge in [0.1, 0.15) is 0 Å². The van der Waals surface area contributed by atoms with E-state index in [4.69, 9.17) is 22.7 Å². The summed E-state index contributed by atoms with van der Waals surface area (Å²) in [4.78, 5) is 0.326. The Morgan fingerprint density at radius 1 is 1.41 bits per heavy atom. The SMILES string of the molecule is COCCN(CCC(N)=S)S(=O)(=O)CC(C)C. The van der Waals surface area contributed by atoms with E-state index in [2.05, 4.69) is 0 Å². The van der Waals surface area contributed by atoms with Gasteiger partial charge in [0.2, 0.25) is 10.0 Å². The van der Waals surface area contributed by atoms with Crippen molar-refractivity contribution in [1.29, 1.82) is 0 Å². The molecule has 0 aliphatic carbocycles. The van der Waals surface area contributed by atoms with Crippen LogP contribution in [0.25, 0.3) is 0 Å². The van der Waals surface area contributed by atoms with Gasteiger partial charge in [-0.3, -0.25) is 0 Å². The summed E-state index contributed by atoms with van der Waals surface area (Å²) in [6, 6.07) is 0. The van der Waals surface area contributed by atoms with E-state index in [9.17, 15) is 8.42 Å². The lowest BCUT2D eigenvalue weighted by molar-refractivity contribution is 0.179. The molecule has 0 aromatic rings. The molecule has 0 saturated carbocycles. The second kappa shape index (κ2) is 7.97. The standard InChI is InChI=1S/C10H22N2O3S2/c1-9(2)8-17(13,14)12(6-7-15-3)5-4-10(11)16/h9H,4-8H2,1-3H3,(H2,11,16). The molecular weight excluding hydrogens is 260 g/mol. The van der Waals surface area contributed by atoms with Crippen LogP contribution in [0.15, 0.2) is 0 Å². The van der Waals surface area contributed by atoms with Crippen LogP contribution in [0.4, 0.5) is 0 Å². The summed E-state index contributed by atoms with van der Waals surface area (Å²) in [5.74, 6) is 0.225. The molecule has 5 nitrogen and oxygen atoms in total. The minimum absolute atomic E-state index is 0.0925. The van der Waals surface area contributed by atoms with Crippen LogP contribution < -0.4 is 5.73 Å². The molecule has 0 radical (unpaired) electrons. The van der Waals surface area contributed by atoms with E-state index in [1.54, 1.807) is 7.11 Å². The highest BCUT2D eigenvalue weighted by atomic mass is 32.2. The summed E-state index contributed by atoms with van der Waals surface area (Å²) < 4.78 is 30.4. The molecule has 0 aromatic heterocycles. The van der Waals surface area contributed by atoms with Gasteiger partial charge in [-0.2, -0.15) is 4.31 Å². The van der Waals surface area contributed by atoms with Crippen molar-refractivity contribution in [2.24, 2.45) is 11.7 Å². The summed E-state index contributed by atoms with van der Waals surface area (Å²) in [6.07, 6.45) is 0.399. The summed E-state index contributed by atoms with van der Waals surface area (Å²) in [6.45, 7) is 4.79. The monoisotopic (exact) mass is 282 g/mol. The van der Waals surface area contributed by atoms with E-state index in [1.807, 2.05) is 13.8 Å². The van der Waals surface area contributed by atoms with Crippen molar-refractivity contribution in [3.05, 3.63) is 0 Å². The first-order valence-corrected chi connectivity index (χ1v) is 7.56. The van der Waals surface area contributed by atoms with Crippen LogP contribution in [-0.4, -0.2) is 50.3 Å². The van der Waals surface area contributed by atoms with Gasteiger partial charge in [-0.25, -0.2) is 8.42 Å². The molecule has 0 unspecified atom stereocenters. The van der Waals surface area contributed by atoms with Gasteiger partial charge in [-0.05, 0) is 5.92 Å². The zero-order chi connectivity index (χ0) is 13.5. The molecule has 17 heavy (non-hydrogen) atoms. The summed E-state index contributed by atoms with van der Waals surface area (Å²) in [5, 5.41) is 0. The minimum Gasteiger partial charge on any atom is -0.393 e. The van der Waals surface area contributed by atoms with Crippen molar-refractivity contribution in [2.75, 3.05) is 32.6 Å². The number of hydrogen-bond donors (Lipinski definition) is 1. The molecule has 0 rings (SSSR count). The van der Waals surface area contributed by atoms with Gasteiger partial charge in [-0.15, -0.1) is 0 Å². The highest BCUT2D eigenvalue weighted by Gasteiger charge is 2.22. The van der Waals surface area contributed by atoms with Gasteiger partial charge in [0, 0.05) is 26.6 Å². The number of sulfonamides is 1. The molecule has 0 bridgehead atoms. The van der Waals surface area contributed by atoms with Gasteiger partial charge < -0.3 is 10.5 Å². The number of nitrogens with zero attached hydrogens (tertiary/aromatic N) is 1. The molecule has 0 saturated heterocycles. The lowest BCUT2D eigenvalue weighted by atomic mass is 10.3. The normalized spacial score (nSPS) is 12.3. The van der Waals surface area contributed by atoms with E-state index >= 15 is 0 Å². The molecule has 0 aromatic carbocycles. The average molecular weight is 282 g/mol. The second-order valence-electron chi connectivity index (χ2n) is 4.28. The van der Waals surface area contributed by atoms with Gasteiger partial charge >= 0.3 is 0 Å². The summed E-state index contributed by atoms with van der Waals surface area (Å²) >= 11 is 4.76. The lowest BCUT2D eigenvalue weighted by Gasteiger charge is -2.22. The van der Waals surface area contributed by atoms with Gasteiger partial charge in [0.15, 0.2) is 0 Å². The van der Waals surface area contributed by atoms with Crippen molar-refractivity contribution in [3.8, 4) is 0 Å². The molecule has 0 aliphatic rings. The van der Waals surface area contributed by atoms with Gasteiger partial charge in [-0.1, -0.05) is 26.1 Å². The van der Waals surface area contributed by atoms with E-state index in [0.29, 0.717) is 31.1 Å². The van der Waals surface area contributed by atoms with Crippen molar-refractivity contribution < 1.29 is 13.2 Å². The largest absolute Gasteiger partial charge is 0.393 e. The van der Waals surface area contributed by atoms with Gasteiger partial charge in [0.25, 0.3) is 0 Å². The van der Waals surface area contributed by atoms with Crippen molar-refractivity contribution in [3.63, 3.8) is 0 Å². The van der Waals surface area contributed by atoms with Crippen LogP contribution in [0.5, 0.6) is 0 Å². The maximum Gasteiger partial charge on any atom is 0.214 e. The lowest BCUT2D eigenvalue weighted by Crippen LogP contribution is -2.38. The molecule has 0 spiro atoms. The van der Waals surface area contributed by atoms with Crippen LogP contribution >= 0.6 is 12.2 Å². The Bertz CT molecular complexity index is 328. The van der Waals surface area contributed by atoms with Crippen molar-refractivity contribution in [2.45, 2.75) is 20.3 Å². The first-order valence-electron chi connectivity index (χ1n) is 5.54. The van der Waals surface area contributed by atoms with Gasteiger partial charge in [0.05, 0.1) is 17.3 Å². The number of ether oxygens (including phenoxy) is 1. The number of nitrogens with two attached hydrogens (primary N) is 1. The molecule has 0 heterocycles. The fourth-order valence-corrected chi connectivity index (χ4v) is 3.21. The Balaban J connectivity index is 4.59. The Hall–Kier alpha value is -0.240. The van der Waals surface area contributed by atoms with E-state index < -0.39 is 10.0 Å². The predicted molar refractivity (Wildman–Crippen MR) is 73.5 cm³/mol. The fourth-order valence-electron chi connectivity index (χ4n) is 1.34. The first kappa shape index (κ1) is 16.8. The van der Waals surface area contributed by atoms with E-state index in [1.165, 1.54) is 4.31 Å². The Kier molecular flexibility index (Phi) is 7.85. The average Bonchev–Trinajstić information content (AvgIpc) is 2.14. The Morgan fingerprint density at radius 2 is 2.00 bits per heavy atom. The quantitative estimate of drug-likeness (QED) is 0.627. The minimum atomic E-state index is -3.25. The molecule has 0 atom stereocenters. The van der Waals surface area contributed by atoms with Crippen LogP contribution in [0.3, 0.4) is 0 Å². The van der Waals surface area contributed by atoms with Crippen LogP contribution in [-0.2, 0) is 14.8 Å². The predicted octanol–water partition coefficient (Wildman–Crippen LogP) is 0.597. The first-order chi connectivity index (χ1) is 7.79. The summed E-state index contributed by atoms with van der Waals surface area (Å²) in [5.41, 5.74) is 5.39. The third kappa shape index (κ3) is 7.64. The topological polar surface area (TPSA) is 72.6 Å². The molecule has 0 fully saturated rings. The Labute approximate surface area is 109 Å². The number of thiocarbonyl (C=S) groups is 1. The molecule has 102 valence electrons. The number of methoxy groups -OCH3 is 1.